The number of ether oxygens (including phenoxy) is 1. The van der Waals surface area contributed by atoms with Gasteiger partial charge in [0.1, 0.15) is 0 Å². The van der Waals surface area contributed by atoms with Gasteiger partial charge in [0.2, 0.25) is 5.91 Å². The van der Waals surface area contributed by atoms with E-state index < -0.39 is 0 Å². The fourth-order valence-corrected chi connectivity index (χ4v) is 1.69. The number of anilines is 1. The minimum Gasteiger partial charge on any atom is -0.468 e. The van der Waals surface area contributed by atoms with Crippen molar-refractivity contribution in [2.75, 3.05) is 32.1 Å². The normalized spacial score (nSPS) is 10.3. The first-order chi connectivity index (χ1) is 9.05. The number of rotatable bonds is 6. The fraction of sp³-hybridized carbons (Fsp3) is 0.385. The number of hydrogen-bond acceptors (Lipinski definition) is 4. The molecule has 1 aromatic rings. The molecule has 1 aromatic carbocycles. The largest absolute Gasteiger partial charge is 0.468 e. The van der Waals surface area contributed by atoms with Crippen LogP contribution in [-0.2, 0) is 14.3 Å². The van der Waals surface area contributed by atoms with Gasteiger partial charge in [-0.25, -0.2) is 0 Å². The predicted molar refractivity (Wildman–Crippen MR) is 74.2 cm³/mol. The molecule has 0 aliphatic carbocycles. The zero-order chi connectivity index (χ0) is 14.3. The van der Waals surface area contributed by atoms with Crippen LogP contribution in [-0.4, -0.2) is 43.5 Å². The smallest absolute Gasteiger partial charge is 0.319 e. The molecule has 0 radical (unpaired) electrons. The summed E-state index contributed by atoms with van der Waals surface area (Å²) in [7, 11) is 1.32. The second kappa shape index (κ2) is 7.76. The van der Waals surface area contributed by atoms with Crippen LogP contribution in [0, 0.1) is 0 Å². The van der Waals surface area contributed by atoms with Gasteiger partial charge >= 0.3 is 5.97 Å². The summed E-state index contributed by atoms with van der Waals surface area (Å²) in [6.07, 6.45) is 0. The highest BCUT2D eigenvalue weighted by molar-refractivity contribution is 6.30. The molecular weight excluding hydrogens is 268 g/mol. The number of amides is 1. The van der Waals surface area contributed by atoms with Crippen molar-refractivity contribution in [2.24, 2.45) is 0 Å². The topological polar surface area (TPSA) is 58.6 Å². The fourth-order valence-electron chi connectivity index (χ4n) is 1.50. The highest BCUT2D eigenvalue weighted by Gasteiger charge is 2.13. The maximum Gasteiger partial charge on any atom is 0.319 e. The Hall–Kier alpha value is -1.59. The number of likely N-dealkylation sites (N-methyl/N-ethyl adjacent to an activating group) is 1. The molecule has 0 aliphatic rings. The molecule has 1 amide bonds. The van der Waals surface area contributed by atoms with Crippen LogP contribution in [0.2, 0.25) is 5.02 Å². The molecule has 1 rings (SSSR count). The Labute approximate surface area is 117 Å². The number of carbonyl (C=O) groups excluding carboxylic acids is 2. The van der Waals surface area contributed by atoms with E-state index in [-0.39, 0.29) is 25.0 Å². The summed E-state index contributed by atoms with van der Waals surface area (Å²) in [5, 5.41) is 3.28. The molecule has 0 spiro atoms. The maximum absolute atomic E-state index is 11.8. The van der Waals surface area contributed by atoms with Crippen LogP contribution in [0.25, 0.3) is 0 Å². The monoisotopic (exact) mass is 284 g/mol. The molecule has 1 N–H and O–H groups in total. The molecule has 0 atom stereocenters. The Morgan fingerprint density at radius 2 is 2.11 bits per heavy atom. The highest BCUT2D eigenvalue weighted by atomic mass is 35.5. The third-order valence-electron chi connectivity index (χ3n) is 2.50. The van der Waals surface area contributed by atoms with Gasteiger partial charge in [0.05, 0.1) is 20.2 Å². The summed E-state index contributed by atoms with van der Waals surface area (Å²) < 4.78 is 4.57. The van der Waals surface area contributed by atoms with Gasteiger partial charge in [-0.05, 0) is 24.7 Å². The molecule has 0 fully saturated rings. The first kappa shape index (κ1) is 15.5. The van der Waals surface area contributed by atoms with Gasteiger partial charge in [-0.15, -0.1) is 0 Å². The SMILES string of the molecule is CCN(CC(=O)Nc1cccc(Cl)c1)CC(=O)OC. The van der Waals surface area contributed by atoms with E-state index in [0.717, 1.165) is 0 Å². The van der Waals surface area contributed by atoms with E-state index in [0.29, 0.717) is 17.3 Å². The van der Waals surface area contributed by atoms with E-state index in [1.165, 1.54) is 7.11 Å². The summed E-state index contributed by atoms with van der Waals surface area (Å²) in [6.45, 7) is 2.67. The number of hydrogen-bond donors (Lipinski definition) is 1. The van der Waals surface area contributed by atoms with Crippen molar-refractivity contribution in [1.29, 1.82) is 0 Å². The molecule has 0 aromatic heterocycles. The predicted octanol–water partition coefficient (Wildman–Crippen LogP) is 1.77. The number of esters is 1. The van der Waals surface area contributed by atoms with E-state index in [2.05, 4.69) is 10.1 Å². The van der Waals surface area contributed by atoms with Crippen molar-refractivity contribution in [3.05, 3.63) is 29.3 Å². The lowest BCUT2D eigenvalue weighted by atomic mass is 10.3. The minimum atomic E-state index is -0.364. The molecule has 0 heterocycles. The van der Waals surface area contributed by atoms with Crippen LogP contribution in [0.5, 0.6) is 0 Å². The van der Waals surface area contributed by atoms with Gasteiger partial charge < -0.3 is 10.1 Å². The quantitative estimate of drug-likeness (QED) is 0.809. The van der Waals surface area contributed by atoms with Gasteiger partial charge in [-0.1, -0.05) is 24.6 Å². The summed E-state index contributed by atoms with van der Waals surface area (Å²) >= 11 is 5.83. The molecule has 0 saturated heterocycles. The number of benzene rings is 1. The average Bonchev–Trinajstić information content (AvgIpc) is 2.37. The summed E-state index contributed by atoms with van der Waals surface area (Å²) in [4.78, 5) is 24.7. The van der Waals surface area contributed by atoms with Crippen molar-refractivity contribution >= 4 is 29.2 Å². The summed E-state index contributed by atoms with van der Waals surface area (Å²) in [5.74, 6) is -0.564. The Morgan fingerprint density at radius 3 is 2.68 bits per heavy atom. The molecule has 104 valence electrons. The third kappa shape index (κ3) is 5.72. The summed E-state index contributed by atoms with van der Waals surface area (Å²) in [5.41, 5.74) is 0.631. The Morgan fingerprint density at radius 1 is 1.37 bits per heavy atom. The lowest BCUT2D eigenvalue weighted by molar-refractivity contribution is -0.142. The maximum atomic E-state index is 11.8. The number of halogens is 1. The van der Waals surface area contributed by atoms with Gasteiger partial charge in [0.15, 0.2) is 0 Å². The minimum absolute atomic E-state index is 0.0932. The number of methoxy groups -OCH3 is 1. The van der Waals surface area contributed by atoms with Gasteiger partial charge in [0.25, 0.3) is 0 Å². The lowest BCUT2D eigenvalue weighted by Gasteiger charge is -2.18. The third-order valence-corrected chi connectivity index (χ3v) is 2.74. The molecule has 19 heavy (non-hydrogen) atoms. The first-order valence-electron chi connectivity index (χ1n) is 5.89. The first-order valence-corrected chi connectivity index (χ1v) is 6.27. The Bertz CT molecular complexity index is 451. The highest BCUT2D eigenvalue weighted by Crippen LogP contribution is 2.14. The molecule has 0 bridgehead atoms. The van der Waals surface area contributed by atoms with Crippen LogP contribution in [0.1, 0.15) is 6.92 Å². The second-order valence-corrected chi connectivity index (χ2v) is 4.37. The molecule has 5 nitrogen and oxygen atoms in total. The zero-order valence-electron chi connectivity index (χ0n) is 11.0. The van der Waals surface area contributed by atoms with Crippen molar-refractivity contribution in [3.8, 4) is 0 Å². The zero-order valence-corrected chi connectivity index (χ0v) is 11.7. The van der Waals surface area contributed by atoms with Crippen molar-refractivity contribution in [1.82, 2.24) is 4.90 Å². The van der Waals surface area contributed by atoms with Crippen LogP contribution >= 0.6 is 11.6 Å². The van der Waals surface area contributed by atoms with Crippen LogP contribution < -0.4 is 5.32 Å². The Kier molecular flexibility index (Phi) is 6.32. The van der Waals surface area contributed by atoms with Gasteiger partial charge in [-0.3, -0.25) is 14.5 Å². The standard InChI is InChI=1S/C13H17ClN2O3/c1-3-16(9-13(18)19-2)8-12(17)15-11-6-4-5-10(14)7-11/h4-7H,3,8-9H2,1-2H3,(H,15,17). The molecule has 0 aliphatic heterocycles. The second-order valence-electron chi connectivity index (χ2n) is 3.94. The molecular formula is C13H17ClN2O3. The number of carbonyl (C=O) groups is 2. The van der Waals surface area contributed by atoms with E-state index in [1.54, 1.807) is 29.2 Å². The molecule has 0 saturated carbocycles. The van der Waals surface area contributed by atoms with E-state index in [1.807, 2.05) is 6.92 Å². The van der Waals surface area contributed by atoms with Crippen LogP contribution in [0.15, 0.2) is 24.3 Å². The van der Waals surface area contributed by atoms with Crippen LogP contribution in [0.3, 0.4) is 0 Å². The van der Waals surface area contributed by atoms with E-state index in [9.17, 15) is 9.59 Å². The van der Waals surface area contributed by atoms with Crippen LogP contribution in [0.4, 0.5) is 5.69 Å². The number of nitrogens with zero attached hydrogens (tertiary/aromatic N) is 1. The van der Waals surface area contributed by atoms with Crippen molar-refractivity contribution in [3.63, 3.8) is 0 Å². The molecule has 0 unspecified atom stereocenters. The van der Waals surface area contributed by atoms with E-state index >= 15 is 0 Å². The molecule has 6 heteroatoms. The van der Waals surface area contributed by atoms with Crippen molar-refractivity contribution < 1.29 is 14.3 Å². The summed E-state index contributed by atoms with van der Waals surface area (Å²) in [6, 6.07) is 6.90. The number of nitrogens with one attached hydrogen (secondary N) is 1. The average molecular weight is 285 g/mol. The van der Waals surface area contributed by atoms with E-state index in [4.69, 9.17) is 11.6 Å². The Balaban J connectivity index is 2.51. The van der Waals surface area contributed by atoms with Gasteiger partial charge in [-0.2, -0.15) is 0 Å². The van der Waals surface area contributed by atoms with Crippen molar-refractivity contribution in [2.45, 2.75) is 6.92 Å². The lowest BCUT2D eigenvalue weighted by Crippen LogP contribution is -2.37. The van der Waals surface area contributed by atoms with Gasteiger partial charge in [0, 0.05) is 10.7 Å².